The van der Waals surface area contributed by atoms with E-state index in [2.05, 4.69) is 81.4 Å². The first-order valence-corrected chi connectivity index (χ1v) is 28.0. The zero-order chi connectivity index (χ0) is 43.4. The highest BCUT2D eigenvalue weighted by atomic mass is 32.2. The minimum absolute atomic E-state index is 0.0766. The molecule has 0 aromatic heterocycles. The van der Waals surface area contributed by atoms with Crippen molar-refractivity contribution in [3.05, 3.63) is 23.3 Å². The first kappa shape index (κ1) is 47.3. The van der Waals surface area contributed by atoms with Crippen molar-refractivity contribution < 1.29 is 17.7 Å². The zero-order valence-corrected chi connectivity index (χ0v) is 41.7. The van der Waals surface area contributed by atoms with Crippen molar-refractivity contribution in [2.75, 3.05) is 6.26 Å². The molecule has 4 nitrogen and oxygen atoms in total. The molecular weight excluding hydrogens is 757 g/mol. The molecule has 6 fully saturated rings. The third-order valence-electron chi connectivity index (χ3n) is 20.8. The Balaban J connectivity index is 0.000000183. The van der Waals surface area contributed by atoms with Crippen molar-refractivity contribution in [2.45, 2.75) is 223 Å². The highest BCUT2D eigenvalue weighted by molar-refractivity contribution is 7.86. The number of rotatable bonds is 12. The first-order chi connectivity index (χ1) is 28.2. The zero-order valence-electron chi connectivity index (χ0n) is 40.9. The van der Waals surface area contributed by atoms with Crippen LogP contribution >= 0.6 is 0 Å². The molecule has 8 aliphatic rings. The molecule has 0 aromatic carbocycles. The van der Waals surface area contributed by atoms with Gasteiger partial charge in [0.1, 0.15) is 0 Å². The van der Waals surface area contributed by atoms with Gasteiger partial charge in [-0.15, -0.1) is 0 Å². The minimum atomic E-state index is -3.38. The van der Waals surface area contributed by atoms with Gasteiger partial charge in [-0.3, -0.25) is 4.18 Å². The summed E-state index contributed by atoms with van der Waals surface area (Å²) in [5, 5.41) is 10.2. The highest BCUT2D eigenvalue weighted by Gasteiger charge is 2.61. The van der Waals surface area contributed by atoms with Crippen LogP contribution in [0.25, 0.3) is 0 Å². The summed E-state index contributed by atoms with van der Waals surface area (Å²) in [6.45, 7) is 25.0. The average molecular weight is 851 g/mol. The molecule has 2 unspecified atom stereocenters. The third-order valence-corrected chi connectivity index (χ3v) is 21.5. The van der Waals surface area contributed by atoms with Gasteiger partial charge in [0.15, 0.2) is 0 Å². The molecule has 0 spiro atoms. The van der Waals surface area contributed by atoms with Gasteiger partial charge in [-0.05, 0) is 195 Å². The molecule has 5 heteroatoms. The van der Waals surface area contributed by atoms with E-state index in [9.17, 15) is 13.5 Å². The van der Waals surface area contributed by atoms with Gasteiger partial charge in [0.05, 0.1) is 18.5 Å². The molecule has 0 heterocycles. The van der Waals surface area contributed by atoms with Crippen LogP contribution in [0.15, 0.2) is 23.3 Å². The van der Waals surface area contributed by atoms with Gasteiger partial charge >= 0.3 is 0 Å². The quantitative estimate of drug-likeness (QED) is 0.157. The maximum absolute atomic E-state index is 11.7. The lowest BCUT2D eigenvalue weighted by atomic mass is 9.47. The number of hydrogen-bond acceptors (Lipinski definition) is 4. The van der Waals surface area contributed by atoms with E-state index in [1.54, 1.807) is 5.57 Å². The number of aliphatic hydroxyl groups is 1. The van der Waals surface area contributed by atoms with Crippen LogP contribution in [0.3, 0.4) is 0 Å². The van der Waals surface area contributed by atoms with Gasteiger partial charge in [-0.1, -0.05) is 131 Å². The summed E-state index contributed by atoms with van der Waals surface area (Å²) in [6.07, 6.45) is 34.5. The van der Waals surface area contributed by atoms with E-state index in [4.69, 9.17) is 4.18 Å². The van der Waals surface area contributed by atoms with E-state index in [1.807, 2.05) is 0 Å². The molecule has 60 heavy (non-hydrogen) atoms. The molecule has 16 atom stereocenters. The minimum Gasteiger partial charge on any atom is -0.393 e. The summed E-state index contributed by atoms with van der Waals surface area (Å²) in [7, 11) is -3.38. The lowest BCUT2D eigenvalue weighted by Crippen LogP contribution is -2.51. The van der Waals surface area contributed by atoms with Crippen molar-refractivity contribution in [2.24, 2.45) is 92.7 Å². The van der Waals surface area contributed by atoms with E-state index in [1.165, 1.54) is 121 Å². The Morgan fingerprint density at radius 3 is 1.50 bits per heavy atom. The van der Waals surface area contributed by atoms with E-state index in [0.717, 1.165) is 103 Å². The molecule has 0 aliphatic heterocycles. The second-order valence-electron chi connectivity index (χ2n) is 25.1. The summed E-state index contributed by atoms with van der Waals surface area (Å²) < 4.78 is 28.8. The van der Waals surface area contributed by atoms with Crippen molar-refractivity contribution in [3.8, 4) is 0 Å². The third kappa shape index (κ3) is 9.24. The fourth-order valence-corrected chi connectivity index (χ4v) is 18.3. The predicted octanol–water partition coefficient (Wildman–Crippen LogP) is 14.8. The summed E-state index contributed by atoms with van der Waals surface area (Å²) >= 11 is 0. The van der Waals surface area contributed by atoms with Gasteiger partial charge in [-0.2, -0.15) is 8.42 Å². The van der Waals surface area contributed by atoms with Crippen LogP contribution in [0, 0.1) is 92.7 Å². The fraction of sp³-hybridized carbons (Fsp3) is 0.927. The molecule has 0 amide bonds. The Labute approximate surface area is 371 Å². The second kappa shape index (κ2) is 18.3. The van der Waals surface area contributed by atoms with E-state index < -0.39 is 10.1 Å². The van der Waals surface area contributed by atoms with Crippen LogP contribution in [0.2, 0.25) is 0 Å². The summed E-state index contributed by atoms with van der Waals surface area (Å²) in [5.41, 5.74) is 4.88. The highest BCUT2D eigenvalue weighted by Crippen LogP contribution is 2.69. The van der Waals surface area contributed by atoms with Gasteiger partial charge < -0.3 is 5.11 Å². The Morgan fingerprint density at radius 2 is 1.05 bits per heavy atom. The normalized spacial score (nSPS) is 44.5. The lowest BCUT2D eigenvalue weighted by molar-refractivity contribution is -0.0573. The van der Waals surface area contributed by atoms with Crippen LogP contribution < -0.4 is 0 Å². The molecule has 8 rings (SSSR count). The average Bonchev–Trinajstić information content (AvgIpc) is 3.71. The van der Waals surface area contributed by atoms with Gasteiger partial charge in [0.2, 0.25) is 0 Å². The van der Waals surface area contributed by atoms with Gasteiger partial charge in [-0.25, -0.2) is 0 Å². The molecule has 8 aliphatic carbocycles. The maximum Gasteiger partial charge on any atom is 0.264 e. The molecular formula is C55H94O4S. The number of fused-ring (bicyclic) bond motifs is 10. The summed E-state index contributed by atoms with van der Waals surface area (Å²) in [6, 6.07) is 0. The Morgan fingerprint density at radius 1 is 0.600 bits per heavy atom. The predicted molar refractivity (Wildman–Crippen MR) is 252 cm³/mol. The molecule has 0 aromatic rings. The van der Waals surface area contributed by atoms with Gasteiger partial charge in [0, 0.05) is 0 Å². The fourth-order valence-electron chi connectivity index (χ4n) is 17.6. The van der Waals surface area contributed by atoms with Crippen molar-refractivity contribution >= 4 is 10.1 Å². The van der Waals surface area contributed by atoms with Crippen LogP contribution in [-0.2, 0) is 14.3 Å². The molecule has 0 bridgehead atoms. The maximum atomic E-state index is 11.7. The van der Waals surface area contributed by atoms with Crippen LogP contribution in [0.1, 0.15) is 210 Å². The van der Waals surface area contributed by atoms with Crippen LogP contribution in [0.4, 0.5) is 0 Å². The molecule has 1 N–H and O–H groups in total. The standard InChI is InChI=1S/C28H48O3S.C27H46O/c1-19(2)8-7-9-20(3)24-12-13-25-23-11-10-21-18-22(31-32(6,29)30)14-16-27(21,4)26(23)15-17-28(24,25)5;1-18(2)7-6-8-19(3)23-11-12-24-22-10-9-20-17-21(28)13-15-26(20,4)25(22)14-16-27(23,24)5/h10,19-20,22-26H,7-9,11-18H2,1-6H3;9,18-19,21-25,28H,6-8,10-17H2,1-5H3/t20-,22?,23+,24-,25+,26+,27+,28-;19-,21?,22+,23-,24+,25+,26+,27-/m11/s1. The van der Waals surface area contributed by atoms with E-state index in [-0.39, 0.29) is 17.6 Å². The number of allylic oxidation sites excluding steroid dienone is 2. The molecule has 344 valence electrons. The smallest absolute Gasteiger partial charge is 0.264 e. The van der Waals surface area contributed by atoms with Gasteiger partial charge in [0.25, 0.3) is 10.1 Å². The van der Waals surface area contributed by atoms with Crippen LogP contribution in [-0.4, -0.2) is 32.0 Å². The largest absolute Gasteiger partial charge is 0.393 e. The Hall–Kier alpha value is -0.650. The Kier molecular flexibility index (Phi) is 14.4. The number of hydrogen-bond donors (Lipinski definition) is 1. The van der Waals surface area contributed by atoms with E-state index in [0.29, 0.717) is 16.2 Å². The molecule has 0 radical (unpaired) electrons. The summed E-state index contributed by atoms with van der Waals surface area (Å²) in [4.78, 5) is 0. The van der Waals surface area contributed by atoms with Crippen LogP contribution in [0.5, 0.6) is 0 Å². The SMILES string of the molecule is CC(C)CCC[C@@H](C)[C@H]1CC[C@H]2[C@@H]3CC=C4CC(O)CC[C@]4(C)[C@H]3CC[C@]12C.CC(C)CCC[C@@H](C)[C@H]1CC[C@H]2[C@@H]3CC=C4CC(OS(C)(=O)=O)CC[C@]4(C)[C@H]3CC[C@]12C. The second-order valence-corrected chi connectivity index (χ2v) is 26.7. The molecule has 6 saturated carbocycles. The lowest BCUT2D eigenvalue weighted by Gasteiger charge is -2.58. The van der Waals surface area contributed by atoms with E-state index >= 15 is 0 Å². The molecule has 0 saturated heterocycles. The first-order valence-electron chi connectivity index (χ1n) is 26.1. The van der Waals surface area contributed by atoms with Crippen molar-refractivity contribution in [3.63, 3.8) is 0 Å². The Bertz CT molecular complexity index is 1640. The van der Waals surface area contributed by atoms with Crippen molar-refractivity contribution in [1.29, 1.82) is 0 Å². The summed E-state index contributed by atoms with van der Waals surface area (Å²) in [5.74, 6) is 10.5. The number of aliphatic hydroxyl groups excluding tert-OH is 1. The van der Waals surface area contributed by atoms with Crippen molar-refractivity contribution in [1.82, 2.24) is 0 Å². The topological polar surface area (TPSA) is 63.6 Å². The monoisotopic (exact) mass is 851 g/mol.